The number of alkyl halides is 2. The number of benzene rings is 1. The van der Waals surface area contributed by atoms with Crippen molar-refractivity contribution in [2.24, 2.45) is 5.41 Å². The fraction of sp³-hybridized carbons (Fsp3) is 0.500. The largest absolute Gasteiger partial charge is 0.435 e. The monoisotopic (exact) mass is 256 g/mol. The van der Waals surface area contributed by atoms with Gasteiger partial charge in [-0.25, -0.2) is 0 Å². The highest BCUT2D eigenvalue weighted by Crippen LogP contribution is 2.23. The summed E-state index contributed by atoms with van der Waals surface area (Å²) in [4.78, 5) is 11.9. The molecule has 1 aromatic rings. The lowest BCUT2D eigenvalue weighted by molar-refractivity contribution is -0.0498. The number of rotatable bonds is 5. The van der Waals surface area contributed by atoms with Crippen LogP contribution in [0.15, 0.2) is 24.3 Å². The van der Waals surface area contributed by atoms with Gasteiger partial charge < -0.3 is 4.74 Å². The first-order valence-corrected chi connectivity index (χ1v) is 5.86. The van der Waals surface area contributed by atoms with E-state index < -0.39 is 6.61 Å². The summed E-state index contributed by atoms with van der Waals surface area (Å²) >= 11 is 0. The van der Waals surface area contributed by atoms with Gasteiger partial charge in [-0.3, -0.25) is 4.79 Å². The summed E-state index contributed by atoms with van der Waals surface area (Å²) in [6, 6.07) is 5.93. The summed E-state index contributed by atoms with van der Waals surface area (Å²) < 4.78 is 28.4. The normalized spacial score (nSPS) is 11.7. The third kappa shape index (κ3) is 5.25. The quantitative estimate of drug-likeness (QED) is 0.734. The van der Waals surface area contributed by atoms with Gasteiger partial charge in [-0.2, -0.15) is 8.78 Å². The molecule has 4 heteroatoms. The van der Waals surface area contributed by atoms with Gasteiger partial charge in [0, 0.05) is 12.0 Å². The van der Waals surface area contributed by atoms with Gasteiger partial charge in [0.25, 0.3) is 0 Å². The number of carbonyl (C=O) groups excluding carboxylic acids is 1. The van der Waals surface area contributed by atoms with Crippen molar-refractivity contribution in [2.45, 2.75) is 40.2 Å². The van der Waals surface area contributed by atoms with Gasteiger partial charge >= 0.3 is 6.61 Å². The first kappa shape index (κ1) is 14.6. The van der Waals surface area contributed by atoms with Crippen molar-refractivity contribution in [3.8, 4) is 5.75 Å². The fourth-order valence-corrected chi connectivity index (χ4v) is 1.48. The number of Topliss-reactive ketones (excluding diaryl/α,β-unsaturated/α-hetero) is 1. The molecule has 0 amide bonds. The van der Waals surface area contributed by atoms with Crippen molar-refractivity contribution in [3.05, 3.63) is 29.8 Å². The van der Waals surface area contributed by atoms with Crippen LogP contribution in [0.5, 0.6) is 5.75 Å². The minimum atomic E-state index is -2.87. The Hall–Kier alpha value is -1.45. The van der Waals surface area contributed by atoms with Crippen LogP contribution in [-0.2, 0) is 0 Å². The van der Waals surface area contributed by atoms with Crippen LogP contribution < -0.4 is 4.74 Å². The van der Waals surface area contributed by atoms with E-state index in [1.54, 1.807) is 12.1 Å². The maximum atomic E-state index is 12.1. The van der Waals surface area contributed by atoms with Gasteiger partial charge in [-0.15, -0.1) is 0 Å². The number of ether oxygens (including phenoxy) is 1. The van der Waals surface area contributed by atoms with E-state index >= 15 is 0 Å². The molecule has 0 aliphatic carbocycles. The first-order chi connectivity index (χ1) is 8.28. The molecule has 1 aromatic carbocycles. The second kappa shape index (κ2) is 5.94. The van der Waals surface area contributed by atoms with Gasteiger partial charge in [0.1, 0.15) is 5.75 Å². The van der Waals surface area contributed by atoms with E-state index in [0.717, 1.165) is 6.42 Å². The maximum absolute atomic E-state index is 12.1. The molecule has 0 N–H and O–H groups in total. The second-order valence-corrected chi connectivity index (χ2v) is 5.39. The second-order valence-electron chi connectivity index (χ2n) is 5.39. The van der Waals surface area contributed by atoms with Gasteiger partial charge in [-0.1, -0.05) is 32.9 Å². The third-order valence-corrected chi connectivity index (χ3v) is 2.48. The molecular weight excluding hydrogens is 238 g/mol. The highest BCUT2D eigenvalue weighted by molar-refractivity contribution is 5.96. The molecule has 0 fully saturated rings. The fourth-order valence-electron chi connectivity index (χ4n) is 1.48. The van der Waals surface area contributed by atoms with E-state index in [1.165, 1.54) is 12.1 Å². The summed E-state index contributed by atoms with van der Waals surface area (Å²) in [6.07, 6.45) is 1.16. The minimum Gasteiger partial charge on any atom is -0.435 e. The van der Waals surface area contributed by atoms with E-state index in [-0.39, 0.29) is 16.9 Å². The van der Waals surface area contributed by atoms with Crippen molar-refractivity contribution in [2.75, 3.05) is 0 Å². The van der Waals surface area contributed by atoms with E-state index in [1.807, 2.05) is 0 Å². The van der Waals surface area contributed by atoms with E-state index in [4.69, 9.17) is 0 Å². The first-order valence-electron chi connectivity index (χ1n) is 5.86. The molecule has 0 aliphatic rings. The molecule has 0 bridgehead atoms. The van der Waals surface area contributed by atoms with Crippen LogP contribution in [0.2, 0.25) is 0 Å². The van der Waals surface area contributed by atoms with Crippen LogP contribution in [0.4, 0.5) is 8.78 Å². The lowest BCUT2D eigenvalue weighted by Gasteiger charge is -2.17. The summed E-state index contributed by atoms with van der Waals surface area (Å²) in [5.41, 5.74) is 0.490. The Bertz CT molecular complexity index is 409. The molecule has 0 saturated carbocycles. The summed E-state index contributed by atoms with van der Waals surface area (Å²) in [5.74, 6) is -0.0312. The van der Waals surface area contributed by atoms with Gasteiger partial charge in [0.2, 0.25) is 0 Å². The molecule has 0 saturated heterocycles. The number of hydrogen-bond donors (Lipinski definition) is 0. The van der Waals surface area contributed by atoms with Crippen molar-refractivity contribution in [1.82, 2.24) is 0 Å². The van der Waals surface area contributed by atoms with Crippen molar-refractivity contribution < 1.29 is 18.3 Å². The highest BCUT2D eigenvalue weighted by Gasteiger charge is 2.15. The lowest BCUT2D eigenvalue weighted by Crippen LogP contribution is -2.09. The predicted octanol–water partition coefficient (Wildman–Crippen LogP) is 4.30. The number of ketones is 1. The Labute approximate surface area is 106 Å². The topological polar surface area (TPSA) is 26.3 Å². The Morgan fingerprint density at radius 1 is 1.33 bits per heavy atom. The summed E-state index contributed by atoms with van der Waals surface area (Å²) in [7, 11) is 0. The van der Waals surface area contributed by atoms with Crippen LogP contribution in [0.1, 0.15) is 44.0 Å². The zero-order valence-corrected chi connectivity index (χ0v) is 10.9. The Morgan fingerprint density at radius 3 is 2.56 bits per heavy atom. The van der Waals surface area contributed by atoms with E-state index in [2.05, 4.69) is 25.5 Å². The standard InChI is InChI=1S/C14H18F2O2/c1-14(2,3)8-7-12(17)10-5-4-6-11(9-10)18-13(15)16/h4-6,9,13H,7-8H2,1-3H3. The van der Waals surface area contributed by atoms with Gasteiger partial charge in [0.05, 0.1) is 0 Å². The molecule has 0 aromatic heterocycles. The highest BCUT2D eigenvalue weighted by atomic mass is 19.3. The molecule has 1 rings (SSSR count). The molecular formula is C14H18F2O2. The Morgan fingerprint density at radius 2 is 2.00 bits per heavy atom. The zero-order valence-electron chi connectivity index (χ0n) is 10.9. The van der Waals surface area contributed by atoms with Crippen LogP contribution >= 0.6 is 0 Å². The smallest absolute Gasteiger partial charge is 0.387 e. The molecule has 0 unspecified atom stereocenters. The number of carbonyl (C=O) groups is 1. The lowest BCUT2D eigenvalue weighted by atomic mass is 9.88. The van der Waals surface area contributed by atoms with Gasteiger partial charge in [0.15, 0.2) is 5.78 Å². The molecule has 0 aliphatic heterocycles. The maximum Gasteiger partial charge on any atom is 0.387 e. The van der Waals surface area contributed by atoms with Crippen LogP contribution in [0.3, 0.4) is 0 Å². The molecule has 18 heavy (non-hydrogen) atoms. The Balaban J connectivity index is 2.68. The summed E-state index contributed by atoms with van der Waals surface area (Å²) in [5, 5.41) is 0. The van der Waals surface area contributed by atoms with Crippen LogP contribution in [0.25, 0.3) is 0 Å². The van der Waals surface area contributed by atoms with Crippen molar-refractivity contribution in [3.63, 3.8) is 0 Å². The molecule has 2 nitrogen and oxygen atoms in total. The SMILES string of the molecule is CC(C)(C)CCC(=O)c1cccc(OC(F)F)c1. The predicted molar refractivity (Wildman–Crippen MR) is 66.1 cm³/mol. The van der Waals surface area contributed by atoms with E-state index in [0.29, 0.717) is 12.0 Å². The van der Waals surface area contributed by atoms with Gasteiger partial charge in [-0.05, 0) is 24.0 Å². The summed E-state index contributed by atoms with van der Waals surface area (Å²) in [6.45, 7) is 3.29. The van der Waals surface area contributed by atoms with Crippen molar-refractivity contribution >= 4 is 5.78 Å². The Kier molecular flexibility index (Phi) is 4.82. The third-order valence-electron chi connectivity index (χ3n) is 2.48. The van der Waals surface area contributed by atoms with E-state index in [9.17, 15) is 13.6 Å². The molecule has 0 radical (unpaired) electrons. The average Bonchev–Trinajstić information content (AvgIpc) is 2.24. The molecule has 0 heterocycles. The molecule has 100 valence electrons. The minimum absolute atomic E-state index is 0.0200. The number of hydrogen-bond acceptors (Lipinski definition) is 2. The number of halogens is 2. The van der Waals surface area contributed by atoms with Crippen molar-refractivity contribution in [1.29, 1.82) is 0 Å². The zero-order chi connectivity index (χ0) is 13.8. The average molecular weight is 256 g/mol. The van der Waals surface area contributed by atoms with Crippen LogP contribution in [0, 0.1) is 5.41 Å². The van der Waals surface area contributed by atoms with Crippen LogP contribution in [-0.4, -0.2) is 12.4 Å². The molecule has 0 spiro atoms. The molecule has 0 atom stereocenters.